The van der Waals surface area contributed by atoms with E-state index in [4.69, 9.17) is 0 Å². The largest absolute Gasteiger partial charge is 0.378 e. The second-order valence-electron chi connectivity index (χ2n) is 5.39. The predicted octanol–water partition coefficient (Wildman–Crippen LogP) is 1.69. The Labute approximate surface area is 108 Å². The van der Waals surface area contributed by atoms with Crippen molar-refractivity contribution in [2.75, 3.05) is 37.4 Å². The van der Waals surface area contributed by atoms with E-state index in [1.807, 2.05) is 50.2 Å². The van der Waals surface area contributed by atoms with E-state index in [1.54, 1.807) is 0 Å². The molecule has 0 spiro atoms. The first-order chi connectivity index (χ1) is 8.51. The molecule has 4 nitrogen and oxygen atoms in total. The number of rotatable bonds is 3. The highest BCUT2D eigenvalue weighted by Crippen LogP contribution is 2.27. The minimum atomic E-state index is -0.284. The van der Waals surface area contributed by atoms with Gasteiger partial charge in [0.1, 0.15) is 0 Å². The van der Waals surface area contributed by atoms with Gasteiger partial charge >= 0.3 is 0 Å². The van der Waals surface area contributed by atoms with Crippen LogP contribution in [0.25, 0.3) is 0 Å². The summed E-state index contributed by atoms with van der Waals surface area (Å²) in [4.78, 5) is 14.3. The standard InChI is InChI=1S/C14H21N3O/c1-14(7-8-15-10-14)13(18)16-11-5-4-6-12(9-11)17(2)3/h4-6,9,15H,7-8,10H2,1-3H3,(H,16,18). The second kappa shape index (κ2) is 4.98. The van der Waals surface area contributed by atoms with Crippen molar-refractivity contribution in [3.63, 3.8) is 0 Å². The summed E-state index contributed by atoms with van der Waals surface area (Å²) >= 11 is 0. The Morgan fingerprint density at radius 1 is 1.44 bits per heavy atom. The van der Waals surface area contributed by atoms with Gasteiger partial charge in [-0.2, -0.15) is 0 Å². The topological polar surface area (TPSA) is 44.4 Å². The van der Waals surface area contributed by atoms with Gasteiger partial charge in [-0.1, -0.05) is 6.07 Å². The predicted molar refractivity (Wildman–Crippen MR) is 75.0 cm³/mol. The molecule has 0 aromatic heterocycles. The molecule has 0 radical (unpaired) electrons. The van der Waals surface area contributed by atoms with Crippen LogP contribution in [-0.4, -0.2) is 33.1 Å². The fourth-order valence-electron chi connectivity index (χ4n) is 2.15. The molecule has 1 aromatic carbocycles. The molecule has 1 unspecified atom stereocenters. The van der Waals surface area contributed by atoms with Crippen molar-refractivity contribution in [3.05, 3.63) is 24.3 Å². The number of benzene rings is 1. The van der Waals surface area contributed by atoms with Crippen LogP contribution in [0.15, 0.2) is 24.3 Å². The molecule has 1 atom stereocenters. The molecule has 0 aliphatic carbocycles. The Morgan fingerprint density at radius 3 is 2.83 bits per heavy atom. The highest BCUT2D eigenvalue weighted by molar-refractivity contribution is 5.95. The molecular formula is C14H21N3O. The fraction of sp³-hybridized carbons (Fsp3) is 0.500. The third-order valence-corrected chi connectivity index (χ3v) is 3.54. The number of carbonyl (C=O) groups is 1. The van der Waals surface area contributed by atoms with E-state index >= 15 is 0 Å². The monoisotopic (exact) mass is 247 g/mol. The van der Waals surface area contributed by atoms with Crippen LogP contribution in [0, 0.1) is 5.41 Å². The lowest BCUT2D eigenvalue weighted by atomic mass is 9.89. The lowest BCUT2D eigenvalue weighted by molar-refractivity contribution is -0.123. The van der Waals surface area contributed by atoms with Crippen molar-refractivity contribution < 1.29 is 4.79 Å². The fourth-order valence-corrected chi connectivity index (χ4v) is 2.15. The quantitative estimate of drug-likeness (QED) is 0.854. The van der Waals surface area contributed by atoms with E-state index in [9.17, 15) is 4.79 Å². The van der Waals surface area contributed by atoms with Crippen LogP contribution in [-0.2, 0) is 4.79 Å². The summed E-state index contributed by atoms with van der Waals surface area (Å²) in [6.45, 7) is 3.69. The molecular weight excluding hydrogens is 226 g/mol. The lowest BCUT2D eigenvalue weighted by Gasteiger charge is -2.22. The van der Waals surface area contributed by atoms with Crippen LogP contribution in [0.4, 0.5) is 11.4 Å². The van der Waals surface area contributed by atoms with Gasteiger partial charge in [-0.05, 0) is 38.1 Å². The molecule has 0 bridgehead atoms. The molecule has 98 valence electrons. The molecule has 1 fully saturated rings. The van der Waals surface area contributed by atoms with E-state index in [1.165, 1.54) is 0 Å². The zero-order valence-electron chi connectivity index (χ0n) is 11.3. The van der Waals surface area contributed by atoms with Crippen molar-refractivity contribution in [1.29, 1.82) is 0 Å². The summed E-state index contributed by atoms with van der Waals surface area (Å²) < 4.78 is 0. The van der Waals surface area contributed by atoms with E-state index in [-0.39, 0.29) is 11.3 Å². The van der Waals surface area contributed by atoms with Gasteiger partial charge in [-0.15, -0.1) is 0 Å². The minimum Gasteiger partial charge on any atom is -0.378 e. The summed E-state index contributed by atoms with van der Waals surface area (Å²) in [5.41, 5.74) is 1.66. The number of hydrogen-bond acceptors (Lipinski definition) is 3. The molecule has 1 aromatic rings. The van der Waals surface area contributed by atoms with Crippen molar-refractivity contribution in [1.82, 2.24) is 5.32 Å². The van der Waals surface area contributed by atoms with Gasteiger partial charge < -0.3 is 15.5 Å². The van der Waals surface area contributed by atoms with Crippen LogP contribution in [0.5, 0.6) is 0 Å². The number of nitrogens with zero attached hydrogens (tertiary/aromatic N) is 1. The Morgan fingerprint density at radius 2 is 2.22 bits per heavy atom. The van der Waals surface area contributed by atoms with E-state index in [0.29, 0.717) is 0 Å². The minimum absolute atomic E-state index is 0.100. The molecule has 1 amide bonds. The highest BCUT2D eigenvalue weighted by atomic mass is 16.2. The van der Waals surface area contributed by atoms with Gasteiger partial charge in [0.2, 0.25) is 5.91 Å². The summed E-state index contributed by atoms with van der Waals surface area (Å²) in [6, 6.07) is 7.90. The molecule has 1 heterocycles. The summed E-state index contributed by atoms with van der Waals surface area (Å²) in [5, 5.41) is 6.25. The van der Waals surface area contributed by atoms with Gasteiger partial charge in [0.25, 0.3) is 0 Å². The Kier molecular flexibility index (Phi) is 3.57. The maximum absolute atomic E-state index is 12.3. The van der Waals surface area contributed by atoms with Crippen LogP contribution in [0.3, 0.4) is 0 Å². The van der Waals surface area contributed by atoms with Gasteiger partial charge in [-0.3, -0.25) is 4.79 Å². The average Bonchev–Trinajstić information content (AvgIpc) is 2.78. The normalized spacial score (nSPS) is 22.8. The molecule has 2 rings (SSSR count). The third-order valence-electron chi connectivity index (χ3n) is 3.54. The van der Waals surface area contributed by atoms with E-state index in [2.05, 4.69) is 10.6 Å². The first-order valence-corrected chi connectivity index (χ1v) is 6.31. The smallest absolute Gasteiger partial charge is 0.231 e. The van der Waals surface area contributed by atoms with Crippen LogP contribution in [0.1, 0.15) is 13.3 Å². The van der Waals surface area contributed by atoms with Crippen molar-refractivity contribution in [2.45, 2.75) is 13.3 Å². The molecule has 2 N–H and O–H groups in total. The van der Waals surface area contributed by atoms with Crippen molar-refractivity contribution in [3.8, 4) is 0 Å². The second-order valence-corrected chi connectivity index (χ2v) is 5.39. The summed E-state index contributed by atoms with van der Waals surface area (Å²) in [7, 11) is 3.98. The summed E-state index contributed by atoms with van der Waals surface area (Å²) in [5.74, 6) is 0.100. The number of hydrogen-bond donors (Lipinski definition) is 2. The van der Waals surface area contributed by atoms with Gasteiger partial charge in [0, 0.05) is 32.0 Å². The van der Waals surface area contributed by atoms with Crippen molar-refractivity contribution >= 4 is 17.3 Å². The van der Waals surface area contributed by atoms with Crippen LogP contribution < -0.4 is 15.5 Å². The molecule has 1 aliphatic rings. The maximum atomic E-state index is 12.3. The molecule has 1 saturated heterocycles. The maximum Gasteiger partial charge on any atom is 0.231 e. The van der Waals surface area contributed by atoms with E-state index < -0.39 is 0 Å². The molecule has 18 heavy (non-hydrogen) atoms. The Bertz CT molecular complexity index is 436. The van der Waals surface area contributed by atoms with Gasteiger partial charge in [-0.25, -0.2) is 0 Å². The molecule has 0 saturated carbocycles. The summed E-state index contributed by atoms with van der Waals surface area (Å²) in [6.07, 6.45) is 0.895. The molecule has 1 aliphatic heterocycles. The SMILES string of the molecule is CN(C)c1cccc(NC(=O)C2(C)CCNC2)c1. The average molecular weight is 247 g/mol. The first kappa shape index (κ1) is 12.9. The van der Waals surface area contributed by atoms with Gasteiger partial charge in [0.15, 0.2) is 0 Å². The Hall–Kier alpha value is -1.55. The van der Waals surface area contributed by atoms with Crippen LogP contribution >= 0.6 is 0 Å². The number of amides is 1. The zero-order chi connectivity index (χ0) is 13.2. The lowest BCUT2D eigenvalue weighted by Crippen LogP contribution is -2.35. The number of carbonyl (C=O) groups excluding carboxylic acids is 1. The molecule has 4 heteroatoms. The highest BCUT2D eigenvalue weighted by Gasteiger charge is 2.36. The first-order valence-electron chi connectivity index (χ1n) is 6.31. The van der Waals surface area contributed by atoms with Gasteiger partial charge in [0.05, 0.1) is 5.41 Å². The Balaban J connectivity index is 2.09. The number of nitrogens with one attached hydrogen (secondary N) is 2. The number of anilines is 2. The third kappa shape index (κ3) is 2.64. The zero-order valence-corrected chi connectivity index (χ0v) is 11.3. The van der Waals surface area contributed by atoms with Crippen molar-refractivity contribution in [2.24, 2.45) is 5.41 Å². The van der Waals surface area contributed by atoms with E-state index in [0.717, 1.165) is 30.9 Å². The van der Waals surface area contributed by atoms with Crippen LogP contribution in [0.2, 0.25) is 0 Å².